The van der Waals surface area contributed by atoms with Crippen molar-refractivity contribution in [2.45, 2.75) is 26.2 Å². The standard InChI is InChI=1S/C30H30N4O4/c1-21-8-6-11-26(18-21)38-27-20-31-34(24-12-14-25(37-2)15-13-24)30(36)28(27)32-23-10-7-9-22(19-23)29(35)33-16-4-3-5-17-33/h6-15,18-20,32H,3-5,16-17H2,1-2H3. The molecular formula is C30H30N4O4. The highest BCUT2D eigenvalue weighted by Gasteiger charge is 2.20. The van der Waals surface area contributed by atoms with Gasteiger partial charge in [0.25, 0.3) is 11.5 Å². The summed E-state index contributed by atoms with van der Waals surface area (Å²) < 4.78 is 12.6. The monoisotopic (exact) mass is 510 g/mol. The van der Waals surface area contributed by atoms with Gasteiger partial charge in [0, 0.05) is 24.3 Å². The molecule has 1 fully saturated rings. The zero-order valence-corrected chi connectivity index (χ0v) is 21.5. The molecule has 1 aromatic heterocycles. The first-order valence-electron chi connectivity index (χ1n) is 12.7. The highest BCUT2D eigenvalue weighted by atomic mass is 16.5. The minimum Gasteiger partial charge on any atom is -0.497 e. The van der Waals surface area contributed by atoms with Crippen molar-refractivity contribution in [2.75, 3.05) is 25.5 Å². The highest BCUT2D eigenvalue weighted by Crippen LogP contribution is 2.30. The molecule has 0 saturated carbocycles. The summed E-state index contributed by atoms with van der Waals surface area (Å²) in [5.41, 5.74) is 2.59. The number of nitrogens with one attached hydrogen (secondary N) is 1. The van der Waals surface area contributed by atoms with Crippen molar-refractivity contribution >= 4 is 17.3 Å². The smallest absolute Gasteiger partial charge is 0.299 e. The van der Waals surface area contributed by atoms with Crippen molar-refractivity contribution in [1.29, 1.82) is 0 Å². The zero-order valence-electron chi connectivity index (χ0n) is 21.5. The molecule has 0 bridgehead atoms. The van der Waals surface area contributed by atoms with Crippen LogP contribution in [0.3, 0.4) is 0 Å². The number of amides is 1. The number of hydrogen-bond acceptors (Lipinski definition) is 6. The lowest BCUT2D eigenvalue weighted by Gasteiger charge is -2.26. The number of aromatic nitrogens is 2. The van der Waals surface area contributed by atoms with E-state index in [2.05, 4.69) is 10.4 Å². The molecule has 1 amide bonds. The molecule has 0 aliphatic carbocycles. The Morgan fingerprint density at radius 1 is 0.921 bits per heavy atom. The van der Waals surface area contributed by atoms with E-state index in [0.29, 0.717) is 28.4 Å². The molecule has 4 aromatic rings. The number of carbonyl (C=O) groups excluding carboxylic acids is 1. The molecule has 0 radical (unpaired) electrons. The number of likely N-dealkylation sites (tertiary alicyclic amines) is 1. The van der Waals surface area contributed by atoms with Gasteiger partial charge < -0.3 is 19.7 Å². The second kappa shape index (κ2) is 11.2. The Morgan fingerprint density at radius 2 is 1.68 bits per heavy atom. The Morgan fingerprint density at radius 3 is 2.42 bits per heavy atom. The van der Waals surface area contributed by atoms with Gasteiger partial charge in [0.1, 0.15) is 11.5 Å². The Kier molecular flexibility index (Phi) is 7.40. The number of piperidine rings is 1. The van der Waals surface area contributed by atoms with E-state index in [1.807, 2.05) is 48.2 Å². The predicted molar refractivity (Wildman–Crippen MR) is 147 cm³/mol. The van der Waals surface area contributed by atoms with Crippen molar-refractivity contribution in [3.05, 3.63) is 100 Å². The molecule has 5 rings (SSSR count). The second-order valence-electron chi connectivity index (χ2n) is 9.28. The fraction of sp³-hybridized carbons (Fsp3) is 0.233. The van der Waals surface area contributed by atoms with Gasteiger partial charge in [-0.05, 0) is 86.3 Å². The molecule has 1 saturated heterocycles. The third kappa shape index (κ3) is 5.54. The van der Waals surface area contributed by atoms with Crippen LogP contribution >= 0.6 is 0 Å². The maximum Gasteiger partial charge on any atom is 0.299 e. The van der Waals surface area contributed by atoms with Crippen molar-refractivity contribution in [3.8, 4) is 22.9 Å². The third-order valence-corrected chi connectivity index (χ3v) is 6.50. The SMILES string of the molecule is COc1ccc(-n2ncc(Oc3cccc(C)c3)c(Nc3cccc(C(=O)N4CCCCC4)c3)c2=O)cc1. The minimum atomic E-state index is -0.395. The molecule has 0 spiro atoms. The molecule has 8 heteroatoms. The lowest BCUT2D eigenvalue weighted by atomic mass is 10.1. The number of ether oxygens (including phenoxy) is 2. The fourth-order valence-corrected chi connectivity index (χ4v) is 4.50. The number of rotatable bonds is 7. The van der Waals surface area contributed by atoms with E-state index in [1.54, 1.807) is 43.5 Å². The summed E-state index contributed by atoms with van der Waals surface area (Å²) in [5.74, 6) is 1.54. The van der Waals surface area contributed by atoms with Crippen LogP contribution in [0.1, 0.15) is 35.2 Å². The molecule has 1 aliphatic heterocycles. The van der Waals surface area contributed by atoms with Gasteiger partial charge in [-0.15, -0.1) is 0 Å². The van der Waals surface area contributed by atoms with E-state index in [9.17, 15) is 9.59 Å². The number of nitrogens with zero attached hydrogens (tertiary/aromatic N) is 3. The molecule has 1 aliphatic rings. The first-order valence-corrected chi connectivity index (χ1v) is 12.7. The van der Waals surface area contributed by atoms with E-state index in [0.717, 1.165) is 37.9 Å². The van der Waals surface area contributed by atoms with Crippen molar-refractivity contribution in [2.24, 2.45) is 0 Å². The number of benzene rings is 3. The van der Waals surface area contributed by atoms with Gasteiger partial charge in [-0.2, -0.15) is 9.78 Å². The summed E-state index contributed by atoms with van der Waals surface area (Å²) in [4.78, 5) is 28.7. The van der Waals surface area contributed by atoms with Crippen LogP contribution < -0.4 is 20.3 Å². The topological polar surface area (TPSA) is 85.7 Å². The van der Waals surface area contributed by atoms with Crippen LogP contribution in [0.2, 0.25) is 0 Å². The number of methoxy groups -OCH3 is 1. The Labute approximate surface area is 221 Å². The molecule has 38 heavy (non-hydrogen) atoms. The van der Waals surface area contributed by atoms with Gasteiger partial charge in [-0.25, -0.2) is 0 Å². The molecule has 2 heterocycles. The van der Waals surface area contributed by atoms with E-state index in [-0.39, 0.29) is 17.3 Å². The maximum absolute atomic E-state index is 13.7. The minimum absolute atomic E-state index is 0.00467. The molecule has 194 valence electrons. The lowest BCUT2D eigenvalue weighted by molar-refractivity contribution is 0.0724. The molecule has 3 aromatic carbocycles. The van der Waals surface area contributed by atoms with Crippen LogP contribution in [0.5, 0.6) is 17.2 Å². The summed E-state index contributed by atoms with van der Waals surface area (Å²) in [6.07, 6.45) is 4.70. The maximum atomic E-state index is 13.7. The average molecular weight is 511 g/mol. The van der Waals surface area contributed by atoms with Gasteiger partial charge in [-0.1, -0.05) is 18.2 Å². The van der Waals surface area contributed by atoms with Gasteiger partial charge in [0.15, 0.2) is 11.4 Å². The van der Waals surface area contributed by atoms with Crippen molar-refractivity contribution in [3.63, 3.8) is 0 Å². The predicted octanol–water partition coefficient (Wildman–Crippen LogP) is 5.71. The van der Waals surface area contributed by atoms with Crippen molar-refractivity contribution < 1.29 is 14.3 Å². The summed E-state index contributed by atoms with van der Waals surface area (Å²) in [7, 11) is 1.59. The molecule has 1 N–H and O–H groups in total. The normalized spacial score (nSPS) is 13.2. The summed E-state index contributed by atoms with van der Waals surface area (Å²) in [5, 5.41) is 7.58. The van der Waals surface area contributed by atoms with Gasteiger partial charge in [0.05, 0.1) is 19.0 Å². The number of hydrogen-bond donors (Lipinski definition) is 1. The van der Waals surface area contributed by atoms with Gasteiger partial charge in [0.2, 0.25) is 0 Å². The second-order valence-corrected chi connectivity index (χ2v) is 9.28. The van der Waals surface area contributed by atoms with Crippen molar-refractivity contribution in [1.82, 2.24) is 14.7 Å². The third-order valence-electron chi connectivity index (χ3n) is 6.50. The number of carbonyl (C=O) groups is 1. The Bertz CT molecular complexity index is 1490. The first-order chi connectivity index (χ1) is 18.5. The number of aryl methyl sites for hydroxylation is 1. The fourth-order valence-electron chi connectivity index (χ4n) is 4.50. The van der Waals surface area contributed by atoms with Crippen LogP contribution in [0.15, 0.2) is 83.8 Å². The van der Waals surface area contributed by atoms with E-state index >= 15 is 0 Å². The van der Waals surface area contributed by atoms with Crippen LogP contribution in [-0.4, -0.2) is 40.8 Å². The highest BCUT2D eigenvalue weighted by molar-refractivity contribution is 5.95. The van der Waals surface area contributed by atoms with Crippen LogP contribution in [0.4, 0.5) is 11.4 Å². The Balaban J connectivity index is 1.52. The average Bonchev–Trinajstić information content (AvgIpc) is 2.95. The molecule has 0 atom stereocenters. The first kappa shape index (κ1) is 25.1. The summed E-state index contributed by atoms with van der Waals surface area (Å²) in [6, 6.07) is 21.8. The van der Waals surface area contributed by atoms with Crippen LogP contribution in [0.25, 0.3) is 5.69 Å². The van der Waals surface area contributed by atoms with Gasteiger partial charge >= 0.3 is 0 Å². The summed E-state index contributed by atoms with van der Waals surface area (Å²) in [6.45, 7) is 3.50. The molecular weight excluding hydrogens is 480 g/mol. The quantitative estimate of drug-likeness (QED) is 0.343. The van der Waals surface area contributed by atoms with E-state index in [1.165, 1.54) is 10.9 Å². The summed E-state index contributed by atoms with van der Waals surface area (Å²) >= 11 is 0. The van der Waals surface area contributed by atoms with E-state index in [4.69, 9.17) is 9.47 Å². The number of anilines is 2. The zero-order chi connectivity index (χ0) is 26.5. The largest absolute Gasteiger partial charge is 0.497 e. The van der Waals surface area contributed by atoms with Gasteiger partial charge in [-0.3, -0.25) is 9.59 Å². The lowest BCUT2D eigenvalue weighted by Crippen LogP contribution is -2.35. The molecule has 8 nitrogen and oxygen atoms in total. The van der Waals surface area contributed by atoms with Crippen LogP contribution in [-0.2, 0) is 0 Å². The van der Waals surface area contributed by atoms with Crippen LogP contribution in [0, 0.1) is 6.92 Å². The Hall–Kier alpha value is -4.59. The molecule has 0 unspecified atom stereocenters. The van der Waals surface area contributed by atoms with E-state index < -0.39 is 5.56 Å².